The van der Waals surface area contributed by atoms with E-state index in [1.165, 1.54) is 122 Å². The van der Waals surface area contributed by atoms with Gasteiger partial charge >= 0.3 is 12.1 Å². The summed E-state index contributed by atoms with van der Waals surface area (Å²) in [6.07, 6.45) is 34.6. The predicted octanol–water partition coefficient (Wildman–Crippen LogP) is 13.7. The van der Waals surface area contributed by atoms with Gasteiger partial charge in [-0.25, -0.2) is 4.79 Å². The summed E-state index contributed by atoms with van der Waals surface area (Å²) < 4.78 is 12.8. The lowest BCUT2D eigenvalue weighted by Gasteiger charge is -2.44. The largest absolute Gasteiger partial charge is 0.462 e. The average Bonchev–Trinajstić information content (AvgIpc) is 3.52. The van der Waals surface area contributed by atoms with Crippen molar-refractivity contribution in [3.05, 3.63) is 12.2 Å². The molecule has 0 aromatic rings. The SMILES string of the molecule is CC/C=C\CC1C(CC(=O)OC(CCCCCCCC)C(C)(C)CC(C)(N)C(CCCCCCCC)CCCCCCCC)CCC1OC(=O)N(C)CCN(C)C. The quantitative estimate of drug-likeness (QED) is 0.0390. The van der Waals surface area contributed by atoms with Gasteiger partial charge in [0.2, 0.25) is 0 Å². The second-order valence-electron chi connectivity index (χ2n) is 19.5. The lowest BCUT2D eigenvalue weighted by atomic mass is 9.67. The number of likely N-dealkylation sites (N-methyl/N-ethyl adjacent to an activating group) is 2. The number of allylic oxidation sites excluding steroid dienone is 2. The Morgan fingerprint density at radius 3 is 1.72 bits per heavy atom. The molecule has 57 heavy (non-hydrogen) atoms. The van der Waals surface area contributed by atoms with Gasteiger partial charge in [0.15, 0.2) is 0 Å². The highest BCUT2D eigenvalue weighted by Crippen LogP contribution is 2.43. The minimum Gasteiger partial charge on any atom is -0.462 e. The van der Waals surface area contributed by atoms with E-state index >= 15 is 0 Å². The van der Waals surface area contributed by atoms with Gasteiger partial charge in [0.25, 0.3) is 0 Å². The third kappa shape index (κ3) is 23.7. The zero-order valence-corrected chi connectivity index (χ0v) is 39.7. The molecular weight excluding hydrogens is 707 g/mol. The molecule has 0 spiro atoms. The number of amides is 1. The summed E-state index contributed by atoms with van der Waals surface area (Å²) in [6, 6.07) is 0. The number of ether oxygens (including phenoxy) is 2. The van der Waals surface area contributed by atoms with Crippen LogP contribution < -0.4 is 5.73 Å². The molecule has 0 aromatic heterocycles. The molecule has 0 bridgehead atoms. The van der Waals surface area contributed by atoms with Gasteiger partial charge < -0.3 is 25.0 Å². The molecule has 336 valence electrons. The van der Waals surface area contributed by atoms with Crippen molar-refractivity contribution < 1.29 is 19.1 Å². The first kappa shape index (κ1) is 53.4. The molecular formula is C50H97N3O4. The Balaban J connectivity index is 3.16. The highest BCUT2D eigenvalue weighted by atomic mass is 16.6. The fraction of sp³-hybridized carbons (Fsp3) is 0.920. The molecule has 7 heteroatoms. The summed E-state index contributed by atoms with van der Waals surface area (Å²) in [5.74, 6) is 0.601. The summed E-state index contributed by atoms with van der Waals surface area (Å²) in [6.45, 7) is 17.3. The van der Waals surface area contributed by atoms with Crippen molar-refractivity contribution in [2.75, 3.05) is 34.2 Å². The van der Waals surface area contributed by atoms with Crippen LogP contribution in [0.1, 0.15) is 222 Å². The Morgan fingerprint density at radius 2 is 1.21 bits per heavy atom. The number of nitrogens with two attached hydrogens (primary N) is 1. The lowest BCUT2D eigenvalue weighted by Crippen LogP contribution is -2.50. The normalized spacial score (nSPS) is 19.1. The predicted molar refractivity (Wildman–Crippen MR) is 245 cm³/mol. The summed E-state index contributed by atoms with van der Waals surface area (Å²) in [4.78, 5) is 30.9. The van der Waals surface area contributed by atoms with Crippen molar-refractivity contribution in [3.63, 3.8) is 0 Å². The van der Waals surface area contributed by atoms with E-state index in [-0.39, 0.29) is 47.1 Å². The van der Waals surface area contributed by atoms with Crippen LogP contribution in [-0.2, 0) is 14.3 Å². The van der Waals surface area contributed by atoms with Crippen molar-refractivity contribution in [2.45, 2.75) is 240 Å². The summed E-state index contributed by atoms with van der Waals surface area (Å²) in [5, 5.41) is 0. The summed E-state index contributed by atoms with van der Waals surface area (Å²) in [5.41, 5.74) is 6.89. The van der Waals surface area contributed by atoms with Gasteiger partial charge in [-0.1, -0.05) is 163 Å². The van der Waals surface area contributed by atoms with E-state index in [4.69, 9.17) is 15.2 Å². The molecule has 5 atom stereocenters. The minimum atomic E-state index is -0.332. The van der Waals surface area contributed by atoms with E-state index in [1.54, 1.807) is 4.90 Å². The van der Waals surface area contributed by atoms with Crippen LogP contribution in [-0.4, -0.2) is 73.8 Å². The summed E-state index contributed by atoms with van der Waals surface area (Å²) >= 11 is 0. The second-order valence-corrected chi connectivity index (χ2v) is 19.5. The highest BCUT2D eigenvalue weighted by molar-refractivity contribution is 5.70. The molecule has 0 aliphatic heterocycles. The van der Waals surface area contributed by atoms with Gasteiger partial charge in [0.05, 0.1) is 0 Å². The van der Waals surface area contributed by atoms with E-state index < -0.39 is 0 Å². The van der Waals surface area contributed by atoms with Crippen LogP contribution in [0.5, 0.6) is 0 Å². The third-order valence-corrected chi connectivity index (χ3v) is 13.1. The maximum atomic E-state index is 14.1. The first-order valence-electron chi connectivity index (χ1n) is 24.4. The number of hydrogen-bond donors (Lipinski definition) is 1. The summed E-state index contributed by atoms with van der Waals surface area (Å²) in [7, 11) is 5.83. The molecule has 1 amide bonds. The van der Waals surface area contributed by atoms with E-state index in [0.29, 0.717) is 18.9 Å². The second kappa shape index (κ2) is 31.3. The van der Waals surface area contributed by atoms with Crippen LogP contribution >= 0.6 is 0 Å². The Labute approximate surface area is 354 Å². The fourth-order valence-corrected chi connectivity index (χ4v) is 9.46. The van der Waals surface area contributed by atoms with Crippen molar-refractivity contribution in [2.24, 2.45) is 28.9 Å². The van der Waals surface area contributed by atoms with Gasteiger partial charge in [-0.05, 0) is 90.6 Å². The molecule has 5 unspecified atom stereocenters. The van der Waals surface area contributed by atoms with Crippen molar-refractivity contribution in [1.82, 2.24) is 9.80 Å². The van der Waals surface area contributed by atoms with Crippen LogP contribution in [0.15, 0.2) is 12.2 Å². The molecule has 0 aromatic carbocycles. The molecule has 1 aliphatic rings. The smallest absolute Gasteiger partial charge is 0.409 e. The number of hydrogen-bond acceptors (Lipinski definition) is 6. The maximum Gasteiger partial charge on any atom is 0.409 e. The van der Waals surface area contributed by atoms with Gasteiger partial charge in [0, 0.05) is 43.4 Å². The third-order valence-electron chi connectivity index (χ3n) is 13.1. The number of nitrogens with zero attached hydrogens (tertiary/aromatic N) is 2. The molecule has 7 nitrogen and oxygen atoms in total. The number of carbonyl (C=O) groups is 2. The van der Waals surface area contributed by atoms with E-state index in [9.17, 15) is 9.59 Å². The number of esters is 1. The lowest BCUT2D eigenvalue weighted by molar-refractivity contribution is -0.158. The zero-order valence-electron chi connectivity index (χ0n) is 39.7. The number of unbranched alkanes of at least 4 members (excludes halogenated alkanes) is 15. The van der Waals surface area contributed by atoms with Crippen molar-refractivity contribution in [1.29, 1.82) is 0 Å². The van der Waals surface area contributed by atoms with Crippen LogP contribution in [0, 0.1) is 23.2 Å². The van der Waals surface area contributed by atoms with Gasteiger partial charge in [-0.3, -0.25) is 4.79 Å². The molecule has 0 heterocycles. The van der Waals surface area contributed by atoms with Gasteiger partial charge in [0.1, 0.15) is 12.2 Å². The Morgan fingerprint density at radius 1 is 0.702 bits per heavy atom. The molecule has 1 fully saturated rings. The fourth-order valence-electron chi connectivity index (χ4n) is 9.46. The average molecular weight is 804 g/mol. The molecule has 0 saturated heterocycles. The Kier molecular flexibility index (Phi) is 29.3. The zero-order chi connectivity index (χ0) is 42.5. The first-order valence-corrected chi connectivity index (χ1v) is 24.4. The molecule has 1 rings (SSSR count). The van der Waals surface area contributed by atoms with Crippen molar-refractivity contribution >= 4 is 12.1 Å². The Bertz CT molecular complexity index is 1030. The molecule has 0 radical (unpaired) electrons. The number of rotatable bonds is 35. The standard InChI is InChI=1S/C50H97N3O4/c1-11-15-19-22-25-29-32-43(33-30-26-23-20-16-12-2)50(7,51)41-49(5,6)46(35-31-27-24-21-17-13-3)57-47(54)40-42-36-37-45(44(42)34-28-18-14-4)56-48(55)53(10)39-38-52(8)9/h18,28,42-46H,11-17,19-27,29-41,51H2,1-10H3/b28-18-. The molecule has 2 N–H and O–H groups in total. The highest BCUT2D eigenvalue weighted by Gasteiger charge is 2.43. The first-order chi connectivity index (χ1) is 27.2. The van der Waals surface area contributed by atoms with Crippen LogP contribution in [0.25, 0.3) is 0 Å². The maximum absolute atomic E-state index is 14.1. The topological polar surface area (TPSA) is 85.1 Å². The van der Waals surface area contributed by atoms with E-state index in [1.807, 2.05) is 21.1 Å². The van der Waals surface area contributed by atoms with Crippen LogP contribution in [0.4, 0.5) is 4.79 Å². The number of carbonyl (C=O) groups excluding carboxylic acids is 2. The van der Waals surface area contributed by atoms with Gasteiger partial charge in [-0.2, -0.15) is 0 Å². The minimum absolute atomic E-state index is 0.0990. The van der Waals surface area contributed by atoms with Gasteiger partial charge in [-0.15, -0.1) is 0 Å². The monoisotopic (exact) mass is 804 g/mol. The van der Waals surface area contributed by atoms with Crippen LogP contribution in [0.2, 0.25) is 0 Å². The van der Waals surface area contributed by atoms with Crippen LogP contribution in [0.3, 0.4) is 0 Å². The molecule has 1 aliphatic carbocycles. The van der Waals surface area contributed by atoms with E-state index in [0.717, 1.165) is 51.5 Å². The van der Waals surface area contributed by atoms with Crippen molar-refractivity contribution in [3.8, 4) is 0 Å². The Hall–Kier alpha value is -1.60. The molecule has 1 saturated carbocycles. The van der Waals surface area contributed by atoms with E-state index in [2.05, 4.69) is 65.5 Å².